The molecule has 0 amide bonds. The van der Waals surface area contributed by atoms with Crippen molar-refractivity contribution < 1.29 is 9.47 Å². The molecule has 0 saturated heterocycles. The zero-order chi connectivity index (χ0) is 12.0. The maximum atomic E-state index is 7.40. The molecule has 16 heavy (non-hydrogen) atoms. The number of guanidine groups is 1. The molecule has 5 nitrogen and oxygen atoms in total. The Morgan fingerprint density at radius 2 is 2.06 bits per heavy atom. The molecule has 3 N–H and O–H groups in total. The first-order chi connectivity index (χ1) is 7.71. The molecule has 0 aliphatic carbocycles. The van der Waals surface area contributed by atoms with Gasteiger partial charge in [0.25, 0.3) is 0 Å². The normalized spacial score (nSPS) is 9.44. The van der Waals surface area contributed by atoms with Gasteiger partial charge in [0.1, 0.15) is 11.5 Å². The van der Waals surface area contributed by atoms with E-state index in [0.717, 1.165) is 17.1 Å². The van der Waals surface area contributed by atoms with E-state index in [2.05, 4.69) is 10.6 Å². The molecule has 88 valence electrons. The van der Waals surface area contributed by atoms with Crippen LogP contribution in [0, 0.1) is 5.41 Å². The van der Waals surface area contributed by atoms with Gasteiger partial charge in [-0.2, -0.15) is 0 Å². The van der Waals surface area contributed by atoms with Gasteiger partial charge in [-0.3, -0.25) is 5.41 Å². The van der Waals surface area contributed by atoms with Crippen molar-refractivity contribution in [3.8, 4) is 11.5 Å². The number of benzene rings is 1. The highest BCUT2D eigenvalue weighted by atomic mass is 16.5. The van der Waals surface area contributed by atoms with Crippen molar-refractivity contribution in [3.05, 3.63) is 23.8 Å². The molecular formula is C11H17N3O2. The first kappa shape index (κ1) is 12.2. The Bertz CT molecular complexity index is 366. The van der Waals surface area contributed by atoms with E-state index in [9.17, 15) is 0 Å². The van der Waals surface area contributed by atoms with Crippen LogP contribution in [0.25, 0.3) is 0 Å². The predicted molar refractivity (Wildman–Crippen MR) is 63.2 cm³/mol. The minimum Gasteiger partial charge on any atom is -0.497 e. The summed E-state index contributed by atoms with van der Waals surface area (Å²) < 4.78 is 10.3. The molecule has 0 unspecified atom stereocenters. The molecule has 0 aliphatic rings. The molecule has 1 aromatic rings. The van der Waals surface area contributed by atoms with Gasteiger partial charge >= 0.3 is 0 Å². The Kier molecular flexibility index (Phi) is 4.44. The van der Waals surface area contributed by atoms with Crippen LogP contribution in [0.1, 0.15) is 5.56 Å². The Morgan fingerprint density at radius 1 is 1.31 bits per heavy atom. The first-order valence-electron chi connectivity index (χ1n) is 4.92. The molecule has 1 aromatic carbocycles. The summed E-state index contributed by atoms with van der Waals surface area (Å²) in [5.74, 6) is 1.78. The van der Waals surface area contributed by atoms with Crippen molar-refractivity contribution in [1.82, 2.24) is 10.6 Å². The van der Waals surface area contributed by atoms with Gasteiger partial charge < -0.3 is 20.1 Å². The summed E-state index contributed by atoms with van der Waals surface area (Å²) >= 11 is 0. The minimum absolute atomic E-state index is 0.276. The number of rotatable bonds is 4. The highest BCUT2D eigenvalue weighted by Crippen LogP contribution is 2.24. The van der Waals surface area contributed by atoms with Gasteiger partial charge in [-0.05, 0) is 12.1 Å². The second-order valence-electron chi connectivity index (χ2n) is 3.16. The van der Waals surface area contributed by atoms with E-state index in [-0.39, 0.29) is 5.96 Å². The van der Waals surface area contributed by atoms with E-state index in [1.165, 1.54) is 0 Å². The Balaban J connectivity index is 2.75. The van der Waals surface area contributed by atoms with Gasteiger partial charge in [-0.15, -0.1) is 0 Å². The maximum absolute atomic E-state index is 7.40. The van der Waals surface area contributed by atoms with Crippen molar-refractivity contribution >= 4 is 5.96 Å². The lowest BCUT2D eigenvalue weighted by molar-refractivity contribution is 0.390. The van der Waals surface area contributed by atoms with Gasteiger partial charge in [0.2, 0.25) is 0 Å². The van der Waals surface area contributed by atoms with E-state index >= 15 is 0 Å². The quantitative estimate of drug-likeness (QED) is 0.525. The molecule has 0 heterocycles. The third kappa shape index (κ3) is 3.05. The van der Waals surface area contributed by atoms with Gasteiger partial charge in [-0.1, -0.05) is 0 Å². The van der Waals surface area contributed by atoms with Crippen molar-refractivity contribution in [2.24, 2.45) is 0 Å². The number of nitrogens with one attached hydrogen (secondary N) is 3. The molecule has 0 aliphatic heterocycles. The lowest BCUT2D eigenvalue weighted by Crippen LogP contribution is -2.33. The van der Waals surface area contributed by atoms with E-state index in [1.807, 2.05) is 18.2 Å². The largest absolute Gasteiger partial charge is 0.497 e. The van der Waals surface area contributed by atoms with Crippen LogP contribution in [0.2, 0.25) is 0 Å². The molecular weight excluding hydrogens is 206 g/mol. The second-order valence-corrected chi connectivity index (χ2v) is 3.16. The monoisotopic (exact) mass is 223 g/mol. The van der Waals surface area contributed by atoms with Crippen LogP contribution in [-0.2, 0) is 6.54 Å². The fourth-order valence-corrected chi connectivity index (χ4v) is 1.27. The Morgan fingerprint density at radius 3 is 2.62 bits per heavy atom. The van der Waals surface area contributed by atoms with Crippen LogP contribution in [-0.4, -0.2) is 27.2 Å². The summed E-state index contributed by atoms with van der Waals surface area (Å²) in [5, 5.41) is 13.0. The van der Waals surface area contributed by atoms with Crippen molar-refractivity contribution in [1.29, 1.82) is 5.41 Å². The molecule has 0 spiro atoms. The average Bonchev–Trinajstić information content (AvgIpc) is 2.35. The fourth-order valence-electron chi connectivity index (χ4n) is 1.27. The average molecular weight is 223 g/mol. The van der Waals surface area contributed by atoms with Crippen molar-refractivity contribution in [2.45, 2.75) is 6.54 Å². The molecule has 5 heteroatoms. The third-order valence-electron chi connectivity index (χ3n) is 2.20. The third-order valence-corrected chi connectivity index (χ3v) is 2.20. The zero-order valence-corrected chi connectivity index (χ0v) is 9.76. The summed E-state index contributed by atoms with van der Waals surface area (Å²) in [6, 6.07) is 5.59. The lowest BCUT2D eigenvalue weighted by atomic mass is 10.2. The summed E-state index contributed by atoms with van der Waals surface area (Å²) in [4.78, 5) is 0. The highest BCUT2D eigenvalue weighted by molar-refractivity contribution is 5.76. The summed E-state index contributed by atoms with van der Waals surface area (Å²) in [7, 11) is 4.92. The predicted octanol–water partition coefficient (Wildman–Crippen LogP) is 0.948. The molecule has 1 rings (SSSR count). The lowest BCUT2D eigenvalue weighted by Gasteiger charge is -2.12. The molecule has 0 fully saturated rings. The highest BCUT2D eigenvalue weighted by Gasteiger charge is 2.04. The molecule has 0 atom stereocenters. The van der Waals surface area contributed by atoms with Crippen LogP contribution in [0.4, 0.5) is 0 Å². The van der Waals surface area contributed by atoms with Gasteiger partial charge in [0.05, 0.1) is 14.2 Å². The smallest absolute Gasteiger partial charge is 0.188 e. The number of hydrogen-bond donors (Lipinski definition) is 3. The van der Waals surface area contributed by atoms with E-state index < -0.39 is 0 Å². The van der Waals surface area contributed by atoms with Crippen molar-refractivity contribution in [2.75, 3.05) is 21.3 Å². The Labute approximate surface area is 95.3 Å². The summed E-state index contributed by atoms with van der Waals surface area (Å²) in [6.45, 7) is 0.535. The number of ether oxygens (including phenoxy) is 2. The van der Waals surface area contributed by atoms with Gasteiger partial charge in [-0.25, -0.2) is 0 Å². The Hall–Kier alpha value is -1.91. The van der Waals surface area contributed by atoms with Crippen LogP contribution < -0.4 is 20.1 Å². The number of hydrogen-bond acceptors (Lipinski definition) is 3. The fraction of sp³-hybridized carbons (Fsp3) is 0.364. The molecule has 0 bridgehead atoms. The zero-order valence-electron chi connectivity index (χ0n) is 9.76. The molecule has 0 aromatic heterocycles. The van der Waals surface area contributed by atoms with Crippen molar-refractivity contribution in [3.63, 3.8) is 0 Å². The molecule has 0 saturated carbocycles. The van der Waals surface area contributed by atoms with E-state index in [1.54, 1.807) is 21.3 Å². The van der Waals surface area contributed by atoms with E-state index in [4.69, 9.17) is 14.9 Å². The summed E-state index contributed by atoms with van der Waals surface area (Å²) in [6.07, 6.45) is 0. The van der Waals surface area contributed by atoms with Crippen LogP contribution in [0.3, 0.4) is 0 Å². The summed E-state index contributed by atoms with van der Waals surface area (Å²) in [5.41, 5.74) is 0.975. The van der Waals surface area contributed by atoms with Crippen LogP contribution in [0.15, 0.2) is 18.2 Å². The second kappa shape index (κ2) is 5.85. The van der Waals surface area contributed by atoms with Crippen LogP contribution in [0.5, 0.6) is 11.5 Å². The number of methoxy groups -OCH3 is 2. The molecule has 0 radical (unpaired) electrons. The van der Waals surface area contributed by atoms with Gasteiger partial charge in [0, 0.05) is 25.2 Å². The maximum Gasteiger partial charge on any atom is 0.188 e. The SMILES string of the molecule is CNC(=N)NCc1ccc(OC)cc1OC. The topological polar surface area (TPSA) is 66.4 Å². The standard InChI is InChI=1S/C11H17N3O2/c1-13-11(12)14-7-8-4-5-9(15-2)6-10(8)16-3/h4-6H,7H2,1-3H3,(H3,12,13,14). The minimum atomic E-state index is 0.276. The van der Waals surface area contributed by atoms with E-state index in [0.29, 0.717) is 6.54 Å². The van der Waals surface area contributed by atoms with Gasteiger partial charge in [0.15, 0.2) is 5.96 Å². The first-order valence-corrected chi connectivity index (χ1v) is 4.92. The van der Waals surface area contributed by atoms with Crippen LogP contribution >= 0.6 is 0 Å².